The average Bonchev–Trinajstić information content (AvgIpc) is 2.38. The summed E-state index contributed by atoms with van der Waals surface area (Å²) in [5, 5.41) is 4.09. The largest absolute Gasteiger partial charge is 0.333 e. The predicted molar refractivity (Wildman–Crippen MR) is 67.9 cm³/mol. The number of nitrogens with zero attached hydrogens (tertiary/aromatic N) is 1. The van der Waals surface area contributed by atoms with Crippen LogP contribution in [0.15, 0.2) is 4.99 Å². The second kappa shape index (κ2) is 6.42. The van der Waals surface area contributed by atoms with E-state index in [1.165, 1.54) is 43.5 Å². The third kappa shape index (κ3) is 3.85. The van der Waals surface area contributed by atoms with Crippen LogP contribution >= 0.6 is 0 Å². The van der Waals surface area contributed by atoms with Gasteiger partial charge in [0.15, 0.2) is 5.92 Å². The molecule has 0 radical (unpaired) electrons. The number of hydrogen-bond donors (Lipinski definition) is 3. The Bertz CT molecular complexity index is 382. The van der Waals surface area contributed by atoms with Crippen molar-refractivity contribution in [2.24, 2.45) is 10.9 Å². The molecule has 2 rings (SSSR count). The van der Waals surface area contributed by atoms with E-state index in [0.717, 1.165) is 6.54 Å². The molecule has 7 heteroatoms. The van der Waals surface area contributed by atoms with Crippen molar-refractivity contribution >= 4 is 24.1 Å². The lowest BCUT2D eigenvalue weighted by molar-refractivity contribution is -0.903. The maximum Gasteiger partial charge on any atom is 0.328 e. The molecular formula is C12H19N4O3+. The third-order valence-corrected chi connectivity index (χ3v) is 3.45. The number of carbonyl (C=O) groups excluding carboxylic acids is 3. The summed E-state index contributed by atoms with van der Waals surface area (Å²) in [5.74, 6) is -2.21. The second-order valence-corrected chi connectivity index (χ2v) is 4.90. The normalized spacial score (nSPS) is 22.6. The smallest absolute Gasteiger partial charge is 0.328 e. The minimum Gasteiger partial charge on any atom is -0.333 e. The number of rotatable bonds is 4. The number of nitrogens with one attached hydrogen (secondary N) is 3. The van der Waals surface area contributed by atoms with Gasteiger partial charge in [0.2, 0.25) is 11.8 Å². The van der Waals surface area contributed by atoms with Crippen LogP contribution in [0.25, 0.3) is 0 Å². The molecular weight excluding hydrogens is 248 g/mol. The minimum absolute atomic E-state index is 0.598. The zero-order valence-electron chi connectivity index (χ0n) is 10.8. The van der Waals surface area contributed by atoms with Crippen LogP contribution in [0.3, 0.4) is 0 Å². The topological polar surface area (TPSA) is 92.1 Å². The molecule has 0 aromatic carbocycles. The van der Waals surface area contributed by atoms with Crippen LogP contribution in [0.2, 0.25) is 0 Å². The molecule has 0 spiro atoms. The van der Waals surface area contributed by atoms with E-state index < -0.39 is 23.8 Å². The number of amides is 4. The first-order valence-corrected chi connectivity index (χ1v) is 6.66. The molecule has 0 aliphatic carbocycles. The van der Waals surface area contributed by atoms with Crippen LogP contribution < -0.4 is 15.5 Å². The van der Waals surface area contributed by atoms with Crippen LogP contribution in [0.5, 0.6) is 0 Å². The van der Waals surface area contributed by atoms with Crippen molar-refractivity contribution in [2.75, 3.05) is 26.2 Å². The Labute approximate surface area is 111 Å². The standard InChI is InChI=1S/C12H18N4O3/c17-10-9(11(18)15-12(19)14-10)8-13-4-7-16-5-2-1-3-6-16/h8-9H,1-7H2,(H2,14,15,17,18,19)/p+1. The number of carbonyl (C=O) groups is 3. The van der Waals surface area contributed by atoms with E-state index in [4.69, 9.17) is 0 Å². The molecule has 3 N–H and O–H groups in total. The molecule has 0 atom stereocenters. The number of likely N-dealkylation sites (tertiary alicyclic amines) is 1. The summed E-state index contributed by atoms with van der Waals surface area (Å²) in [6, 6.07) is -0.766. The molecule has 4 amide bonds. The lowest BCUT2D eigenvalue weighted by Gasteiger charge is -2.22. The van der Waals surface area contributed by atoms with E-state index >= 15 is 0 Å². The molecule has 0 bridgehead atoms. The highest BCUT2D eigenvalue weighted by Crippen LogP contribution is 1.98. The molecule has 2 saturated heterocycles. The van der Waals surface area contributed by atoms with E-state index in [-0.39, 0.29) is 0 Å². The number of aliphatic imine (C=N–C) groups is 1. The van der Waals surface area contributed by atoms with E-state index in [1.54, 1.807) is 0 Å². The summed E-state index contributed by atoms with van der Waals surface area (Å²) in [4.78, 5) is 39.4. The van der Waals surface area contributed by atoms with Crippen molar-refractivity contribution in [1.29, 1.82) is 0 Å². The Morgan fingerprint density at radius 3 is 2.37 bits per heavy atom. The Hall–Kier alpha value is -1.76. The van der Waals surface area contributed by atoms with E-state index in [9.17, 15) is 14.4 Å². The van der Waals surface area contributed by atoms with Crippen LogP contribution in [-0.4, -0.2) is 50.2 Å². The van der Waals surface area contributed by atoms with E-state index in [0.29, 0.717) is 6.54 Å². The monoisotopic (exact) mass is 267 g/mol. The maximum atomic E-state index is 11.4. The molecule has 0 aromatic heterocycles. The highest BCUT2D eigenvalue weighted by atomic mass is 16.2. The lowest BCUT2D eigenvalue weighted by atomic mass is 10.1. The molecule has 0 saturated carbocycles. The minimum atomic E-state index is -0.992. The molecule has 7 nitrogen and oxygen atoms in total. The van der Waals surface area contributed by atoms with Crippen LogP contribution in [0.4, 0.5) is 4.79 Å². The van der Waals surface area contributed by atoms with Gasteiger partial charge in [0, 0.05) is 6.21 Å². The zero-order chi connectivity index (χ0) is 13.7. The fraction of sp³-hybridized carbons (Fsp3) is 0.667. The Balaban J connectivity index is 1.76. The van der Waals surface area contributed by atoms with Gasteiger partial charge in [0.1, 0.15) is 0 Å². The number of quaternary nitrogens is 1. The van der Waals surface area contributed by atoms with Gasteiger partial charge in [-0.25, -0.2) is 4.79 Å². The van der Waals surface area contributed by atoms with Gasteiger partial charge in [-0.1, -0.05) is 0 Å². The third-order valence-electron chi connectivity index (χ3n) is 3.45. The maximum absolute atomic E-state index is 11.4. The molecule has 0 unspecified atom stereocenters. The highest BCUT2D eigenvalue weighted by Gasteiger charge is 2.32. The van der Waals surface area contributed by atoms with Crippen LogP contribution in [0.1, 0.15) is 19.3 Å². The van der Waals surface area contributed by atoms with Gasteiger partial charge in [0.05, 0.1) is 26.2 Å². The van der Waals surface area contributed by atoms with Gasteiger partial charge in [-0.15, -0.1) is 0 Å². The fourth-order valence-corrected chi connectivity index (χ4v) is 2.37. The summed E-state index contributed by atoms with van der Waals surface area (Å²) in [6.45, 7) is 3.87. The number of piperidine rings is 1. The van der Waals surface area contributed by atoms with Crippen molar-refractivity contribution < 1.29 is 19.3 Å². The first-order valence-electron chi connectivity index (χ1n) is 6.66. The second-order valence-electron chi connectivity index (χ2n) is 4.90. The van der Waals surface area contributed by atoms with Crippen LogP contribution in [0, 0.1) is 5.92 Å². The van der Waals surface area contributed by atoms with Crippen molar-refractivity contribution in [3.05, 3.63) is 0 Å². The number of imide groups is 2. The van der Waals surface area contributed by atoms with Crippen molar-refractivity contribution in [2.45, 2.75) is 19.3 Å². The Morgan fingerprint density at radius 2 is 1.74 bits per heavy atom. The average molecular weight is 267 g/mol. The van der Waals surface area contributed by atoms with Gasteiger partial charge in [0.25, 0.3) is 0 Å². The molecule has 2 heterocycles. The molecule has 2 aliphatic rings. The predicted octanol–water partition coefficient (Wildman–Crippen LogP) is -1.89. The summed E-state index contributed by atoms with van der Waals surface area (Å²) in [7, 11) is 0. The van der Waals surface area contributed by atoms with Crippen molar-refractivity contribution in [3.63, 3.8) is 0 Å². The Morgan fingerprint density at radius 1 is 1.11 bits per heavy atom. The van der Waals surface area contributed by atoms with Gasteiger partial charge in [-0.2, -0.15) is 0 Å². The van der Waals surface area contributed by atoms with Crippen LogP contribution in [-0.2, 0) is 9.59 Å². The van der Waals surface area contributed by atoms with E-state index in [2.05, 4.69) is 4.99 Å². The lowest BCUT2D eigenvalue weighted by Crippen LogP contribution is -3.13. The summed E-state index contributed by atoms with van der Waals surface area (Å²) in [6.07, 6.45) is 5.16. The van der Waals surface area contributed by atoms with Gasteiger partial charge in [-0.05, 0) is 19.3 Å². The molecule has 19 heavy (non-hydrogen) atoms. The molecule has 2 fully saturated rings. The SMILES string of the molecule is O=C1NC(=O)C(C=NCC[NH+]2CCCCC2)C(=O)N1. The molecule has 2 aliphatic heterocycles. The summed E-state index contributed by atoms with van der Waals surface area (Å²) >= 11 is 0. The fourth-order valence-electron chi connectivity index (χ4n) is 2.37. The van der Waals surface area contributed by atoms with Crippen molar-refractivity contribution in [1.82, 2.24) is 10.6 Å². The molecule has 0 aromatic rings. The zero-order valence-corrected chi connectivity index (χ0v) is 10.8. The van der Waals surface area contributed by atoms with E-state index in [1.807, 2.05) is 10.6 Å². The first-order chi connectivity index (χ1) is 9.16. The molecule has 104 valence electrons. The summed E-state index contributed by atoms with van der Waals surface area (Å²) in [5.41, 5.74) is 0. The number of barbiturate groups is 1. The first kappa shape index (κ1) is 13.7. The highest BCUT2D eigenvalue weighted by molar-refractivity contribution is 6.23. The number of hydrogen-bond acceptors (Lipinski definition) is 4. The summed E-state index contributed by atoms with van der Waals surface area (Å²) < 4.78 is 0. The van der Waals surface area contributed by atoms with Gasteiger partial charge in [-0.3, -0.25) is 25.2 Å². The number of urea groups is 1. The van der Waals surface area contributed by atoms with Crippen molar-refractivity contribution in [3.8, 4) is 0 Å². The Kier molecular flexibility index (Phi) is 4.62. The van der Waals surface area contributed by atoms with Gasteiger partial charge >= 0.3 is 6.03 Å². The van der Waals surface area contributed by atoms with Gasteiger partial charge < -0.3 is 4.90 Å². The quantitative estimate of drug-likeness (QED) is 0.411.